The molecule has 0 fully saturated rings. The van der Waals surface area contributed by atoms with Gasteiger partial charge in [0.05, 0.1) is 12.5 Å². The van der Waals surface area contributed by atoms with Crippen LogP contribution in [0, 0.1) is 5.92 Å². The molecule has 1 heterocycles. The van der Waals surface area contributed by atoms with Crippen molar-refractivity contribution in [3.05, 3.63) is 29.8 Å². The number of carbonyl (C=O) groups excluding carboxylic acids is 1. The number of hydrogen-bond donors (Lipinski definition) is 1. The number of nitrogens with zero attached hydrogens (tertiary/aromatic N) is 1. The Bertz CT molecular complexity index is 517. The fourth-order valence-electron chi connectivity index (χ4n) is 2.38. The molecule has 0 aromatic heterocycles. The number of benzene rings is 1. The number of carbonyl (C=O) groups is 2. The molecule has 1 aromatic rings. The zero-order valence-electron chi connectivity index (χ0n) is 11.9. The highest BCUT2D eigenvalue weighted by Gasteiger charge is 2.30. The SMILES string of the molecule is COCCN(CC(=O)O)C(=O)[C@H]1COc2ccccc2C1. The van der Waals surface area contributed by atoms with E-state index in [0.29, 0.717) is 13.0 Å². The first-order valence-corrected chi connectivity index (χ1v) is 6.82. The van der Waals surface area contributed by atoms with Gasteiger partial charge in [-0.15, -0.1) is 0 Å². The molecule has 0 saturated carbocycles. The maximum Gasteiger partial charge on any atom is 0.323 e. The summed E-state index contributed by atoms with van der Waals surface area (Å²) < 4.78 is 10.5. The molecule has 1 aliphatic heterocycles. The van der Waals surface area contributed by atoms with Gasteiger partial charge in [0.15, 0.2) is 0 Å². The summed E-state index contributed by atoms with van der Waals surface area (Å²) in [5, 5.41) is 8.92. The van der Waals surface area contributed by atoms with E-state index in [1.165, 1.54) is 12.0 Å². The first-order valence-electron chi connectivity index (χ1n) is 6.82. The third-order valence-electron chi connectivity index (χ3n) is 3.43. The summed E-state index contributed by atoms with van der Waals surface area (Å²) in [4.78, 5) is 24.7. The summed E-state index contributed by atoms with van der Waals surface area (Å²) in [6.07, 6.45) is 0.568. The number of amides is 1. The lowest BCUT2D eigenvalue weighted by atomic mass is 9.95. The van der Waals surface area contributed by atoms with Gasteiger partial charge in [-0.25, -0.2) is 0 Å². The second kappa shape index (κ2) is 7.08. The molecule has 6 nitrogen and oxygen atoms in total. The van der Waals surface area contributed by atoms with Crippen molar-refractivity contribution < 1.29 is 24.2 Å². The molecule has 1 N–H and O–H groups in total. The number of carboxylic acids is 1. The van der Waals surface area contributed by atoms with E-state index in [9.17, 15) is 9.59 Å². The summed E-state index contributed by atoms with van der Waals surface area (Å²) in [5.74, 6) is -0.792. The minimum atomic E-state index is -1.03. The maximum absolute atomic E-state index is 12.5. The summed E-state index contributed by atoms with van der Waals surface area (Å²) >= 11 is 0. The van der Waals surface area contributed by atoms with E-state index in [2.05, 4.69) is 0 Å². The number of fused-ring (bicyclic) bond motifs is 1. The molecular formula is C15H19NO5. The van der Waals surface area contributed by atoms with Crippen molar-refractivity contribution in [1.29, 1.82) is 0 Å². The van der Waals surface area contributed by atoms with Crippen molar-refractivity contribution in [2.45, 2.75) is 6.42 Å². The lowest BCUT2D eigenvalue weighted by Crippen LogP contribution is -2.44. The summed E-state index contributed by atoms with van der Waals surface area (Å²) in [5.41, 5.74) is 0.976. The topological polar surface area (TPSA) is 76.1 Å². The van der Waals surface area contributed by atoms with E-state index in [1.54, 1.807) is 0 Å². The van der Waals surface area contributed by atoms with Crippen LogP contribution in [-0.2, 0) is 20.7 Å². The molecule has 1 atom stereocenters. The van der Waals surface area contributed by atoms with Crippen LogP contribution in [0.2, 0.25) is 0 Å². The van der Waals surface area contributed by atoms with Crippen molar-refractivity contribution in [2.75, 3.05) is 33.4 Å². The Kier molecular flexibility index (Phi) is 5.16. The number of carboxylic acid groups (broad SMARTS) is 1. The number of aliphatic carboxylic acids is 1. The Morgan fingerprint density at radius 3 is 2.90 bits per heavy atom. The fraction of sp³-hybridized carbons (Fsp3) is 0.467. The molecule has 6 heteroatoms. The molecule has 0 radical (unpaired) electrons. The normalized spacial score (nSPS) is 16.7. The molecule has 114 valence electrons. The quantitative estimate of drug-likeness (QED) is 0.839. The van der Waals surface area contributed by atoms with E-state index in [1.807, 2.05) is 24.3 Å². The molecule has 21 heavy (non-hydrogen) atoms. The molecule has 0 spiro atoms. The Labute approximate surface area is 123 Å². The predicted octanol–water partition coefficient (Wildman–Crippen LogP) is 0.797. The van der Waals surface area contributed by atoms with Crippen LogP contribution in [-0.4, -0.2) is 55.3 Å². The smallest absolute Gasteiger partial charge is 0.323 e. The van der Waals surface area contributed by atoms with E-state index in [-0.39, 0.29) is 31.5 Å². The number of para-hydroxylation sites is 1. The number of hydrogen-bond acceptors (Lipinski definition) is 4. The lowest BCUT2D eigenvalue weighted by molar-refractivity contribution is -0.147. The van der Waals surface area contributed by atoms with Crippen LogP contribution in [0.3, 0.4) is 0 Å². The second-order valence-electron chi connectivity index (χ2n) is 4.97. The second-order valence-corrected chi connectivity index (χ2v) is 4.97. The average Bonchev–Trinajstić information content (AvgIpc) is 2.50. The average molecular weight is 293 g/mol. The monoisotopic (exact) mass is 293 g/mol. The van der Waals surface area contributed by atoms with Crippen LogP contribution in [0.25, 0.3) is 0 Å². The summed E-state index contributed by atoms with van der Waals surface area (Å²) in [7, 11) is 1.52. The van der Waals surface area contributed by atoms with Gasteiger partial charge < -0.3 is 19.5 Å². The van der Waals surface area contributed by atoms with Gasteiger partial charge >= 0.3 is 5.97 Å². The molecule has 0 aliphatic carbocycles. The fourth-order valence-corrected chi connectivity index (χ4v) is 2.38. The van der Waals surface area contributed by atoms with Gasteiger partial charge in [0.2, 0.25) is 5.91 Å². The van der Waals surface area contributed by atoms with Gasteiger partial charge in [-0.3, -0.25) is 9.59 Å². The van der Waals surface area contributed by atoms with E-state index >= 15 is 0 Å². The van der Waals surface area contributed by atoms with E-state index in [0.717, 1.165) is 11.3 Å². The van der Waals surface area contributed by atoms with Crippen molar-refractivity contribution in [3.8, 4) is 5.75 Å². The Morgan fingerprint density at radius 1 is 1.43 bits per heavy atom. The van der Waals surface area contributed by atoms with Crippen molar-refractivity contribution >= 4 is 11.9 Å². The van der Waals surface area contributed by atoms with Gasteiger partial charge in [-0.05, 0) is 18.1 Å². The first kappa shape index (κ1) is 15.3. The van der Waals surface area contributed by atoms with Gasteiger partial charge in [0.25, 0.3) is 0 Å². The minimum absolute atomic E-state index is 0.205. The highest BCUT2D eigenvalue weighted by atomic mass is 16.5. The van der Waals surface area contributed by atoms with Crippen LogP contribution >= 0.6 is 0 Å². The van der Waals surface area contributed by atoms with E-state index in [4.69, 9.17) is 14.6 Å². The highest BCUT2D eigenvalue weighted by Crippen LogP contribution is 2.27. The van der Waals surface area contributed by atoms with Crippen LogP contribution < -0.4 is 4.74 Å². The van der Waals surface area contributed by atoms with E-state index < -0.39 is 5.97 Å². The number of rotatable bonds is 6. The minimum Gasteiger partial charge on any atom is -0.492 e. The van der Waals surface area contributed by atoms with Crippen LogP contribution in [0.1, 0.15) is 5.56 Å². The Balaban J connectivity index is 2.05. The maximum atomic E-state index is 12.5. The van der Waals surface area contributed by atoms with Crippen LogP contribution in [0.5, 0.6) is 5.75 Å². The van der Waals surface area contributed by atoms with Crippen molar-refractivity contribution in [1.82, 2.24) is 4.90 Å². The van der Waals surface area contributed by atoms with Crippen molar-refractivity contribution in [3.63, 3.8) is 0 Å². The molecule has 1 aliphatic rings. The third-order valence-corrected chi connectivity index (χ3v) is 3.43. The third kappa shape index (κ3) is 3.95. The lowest BCUT2D eigenvalue weighted by Gasteiger charge is -2.29. The summed E-state index contributed by atoms with van der Waals surface area (Å²) in [6.45, 7) is 0.530. The van der Waals surface area contributed by atoms with Gasteiger partial charge in [0, 0.05) is 13.7 Å². The zero-order chi connectivity index (χ0) is 15.2. The molecule has 2 rings (SSSR count). The van der Waals surface area contributed by atoms with Gasteiger partial charge in [-0.2, -0.15) is 0 Å². The molecule has 0 unspecified atom stereocenters. The van der Waals surface area contributed by atoms with Crippen molar-refractivity contribution in [2.24, 2.45) is 5.92 Å². The predicted molar refractivity (Wildman–Crippen MR) is 75.2 cm³/mol. The first-order chi connectivity index (χ1) is 10.1. The van der Waals surface area contributed by atoms with Gasteiger partial charge in [0.1, 0.15) is 18.9 Å². The largest absolute Gasteiger partial charge is 0.492 e. The number of methoxy groups -OCH3 is 1. The highest BCUT2D eigenvalue weighted by molar-refractivity contribution is 5.83. The molecule has 0 bridgehead atoms. The number of ether oxygens (including phenoxy) is 2. The summed E-state index contributed by atoms with van der Waals surface area (Å²) in [6, 6.07) is 7.58. The standard InChI is InChI=1S/C15H19NO5/c1-20-7-6-16(9-14(17)18)15(19)12-8-11-4-2-3-5-13(11)21-10-12/h2-5,12H,6-10H2,1H3,(H,17,18)/t12-/m1/s1. The molecule has 0 saturated heterocycles. The van der Waals surface area contributed by atoms with Crippen LogP contribution in [0.15, 0.2) is 24.3 Å². The van der Waals surface area contributed by atoms with Crippen LogP contribution in [0.4, 0.5) is 0 Å². The van der Waals surface area contributed by atoms with Gasteiger partial charge in [-0.1, -0.05) is 18.2 Å². The zero-order valence-corrected chi connectivity index (χ0v) is 11.9. The molecule has 1 amide bonds. The Morgan fingerprint density at radius 2 is 2.19 bits per heavy atom. The molecular weight excluding hydrogens is 274 g/mol. The Hall–Kier alpha value is -2.08. The molecule has 1 aromatic carbocycles.